The number of unbranched alkanes of at least 4 members (excludes halogenated alkanes) is 4. The van der Waals surface area contributed by atoms with Crippen LogP contribution in [0.1, 0.15) is 63.9 Å². The van der Waals surface area contributed by atoms with Crippen LogP contribution >= 0.6 is 0 Å². The minimum Gasteiger partial charge on any atom is -0.378 e. The van der Waals surface area contributed by atoms with Gasteiger partial charge in [0.1, 0.15) is 6.23 Å². The van der Waals surface area contributed by atoms with E-state index >= 15 is 0 Å². The maximum Gasteiger partial charge on any atom is 0.107 e. The molecule has 1 heterocycles. The van der Waals surface area contributed by atoms with E-state index in [1.54, 1.807) is 0 Å². The zero-order valence-electron chi connectivity index (χ0n) is 14.7. The van der Waals surface area contributed by atoms with Crippen LogP contribution in [0.25, 0.3) is 0 Å². The van der Waals surface area contributed by atoms with Crippen molar-refractivity contribution in [2.24, 2.45) is 5.73 Å². The maximum atomic E-state index is 10.4. The third kappa shape index (κ3) is 5.03. The van der Waals surface area contributed by atoms with Crippen LogP contribution in [0.15, 0.2) is 30.3 Å². The highest BCUT2D eigenvalue weighted by atomic mass is 16.3. The zero-order valence-corrected chi connectivity index (χ0v) is 14.7. The molecule has 1 unspecified atom stereocenters. The minimum atomic E-state index is -0.275. The van der Waals surface area contributed by atoms with Gasteiger partial charge in [-0.15, -0.1) is 0 Å². The topological polar surface area (TPSA) is 49.5 Å². The number of likely N-dealkylation sites (tertiary alicyclic amines) is 1. The van der Waals surface area contributed by atoms with Gasteiger partial charge in [-0.1, -0.05) is 62.9 Å². The van der Waals surface area contributed by atoms with Gasteiger partial charge in [0.2, 0.25) is 0 Å². The fraction of sp³-hybridized carbons (Fsp3) is 0.700. The summed E-state index contributed by atoms with van der Waals surface area (Å²) < 4.78 is 0. The SMILES string of the molecule is CCCCCCCC(O)N1CCC(CN)(c2ccccc2)CC1. The highest BCUT2D eigenvalue weighted by Gasteiger charge is 2.36. The average Bonchev–Trinajstić information content (AvgIpc) is 2.62. The molecule has 0 amide bonds. The van der Waals surface area contributed by atoms with Crippen molar-refractivity contribution in [1.82, 2.24) is 4.90 Å². The molecule has 3 N–H and O–H groups in total. The second-order valence-electron chi connectivity index (χ2n) is 7.07. The van der Waals surface area contributed by atoms with Crippen molar-refractivity contribution in [3.63, 3.8) is 0 Å². The first-order valence-corrected chi connectivity index (χ1v) is 9.39. The van der Waals surface area contributed by atoms with Gasteiger partial charge in [0.05, 0.1) is 0 Å². The van der Waals surface area contributed by atoms with E-state index in [0.29, 0.717) is 6.54 Å². The molecule has 23 heavy (non-hydrogen) atoms. The summed E-state index contributed by atoms with van der Waals surface area (Å²) in [6.07, 6.45) is 8.99. The number of rotatable bonds is 9. The number of aliphatic hydroxyl groups excluding tert-OH is 1. The van der Waals surface area contributed by atoms with E-state index in [2.05, 4.69) is 42.2 Å². The van der Waals surface area contributed by atoms with Gasteiger partial charge in [-0.05, 0) is 31.2 Å². The zero-order chi connectivity index (χ0) is 16.5. The van der Waals surface area contributed by atoms with Crippen molar-refractivity contribution in [3.05, 3.63) is 35.9 Å². The predicted octanol–water partition coefficient (Wildman–Crippen LogP) is 3.66. The lowest BCUT2D eigenvalue weighted by atomic mass is 9.73. The summed E-state index contributed by atoms with van der Waals surface area (Å²) in [5.41, 5.74) is 7.59. The standard InChI is InChI=1S/C20H34N2O/c1-2-3-4-5-9-12-19(23)22-15-13-20(17-21,14-16-22)18-10-7-6-8-11-18/h6-8,10-11,19,23H,2-5,9,12-17,21H2,1H3. The number of aliphatic hydroxyl groups is 1. The van der Waals surface area contributed by atoms with Crippen molar-refractivity contribution >= 4 is 0 Å². The molecule has 130 valence electrons. The summed E-state index contributed by atoms with van der Waals surface area (Å²) in [4.78, 5) is 2.25. The second kappa shape index (κ2) is 9.41. The molecule has 1 atom stereocenters. The van der Waals surface area contributed by atoms with Gasteiger partial charge >= 0.3 is 0 Å². The minimum absolute atomic E-state index is 0.0958. The van der Waals surface area contributed by atoms with E-state index in [4.69, 9.17) is 5.73 Å². The first-order valence-electron chi connectivity index (χ1n) is 9.39. The number of nitrogens with two attached hydrogens (primary N) is 1. The Balaban J connectivity index is 1.80. The summed E-state index contributed by atoms with van der Waals surface area (Å²) in [6.45, 7) is 4.82. The summed E-state index contributed by atoms with van der Waals surface area (Å²) in [7, 11) is 0. The number of hydrogen-bond donors (Lipinski definition) is 2. The van der Waals surface area contributed by atoms with Crippen molar-refractivity contribution in [2.45, 2.75) is 69.9 Å². The summed E-state index contributed by atoms with van der Waals surface area (Å²) in [5, 5.41) is 10.4. The molecular weight excluding hydrogens is 284 g/mol. The van der Waals surface area contributed by atoms with E-state index < -0.39 is 0 Å². The molecular formula is C20H34N2O. The molecule has 0 radical (unpaired) electrons. The fourth-order valence-corrected chi connectivity index (χ4v) is 3.77. The Morgan fingerprint density at radius 3 is 2.35 bits per heavy atom. The Morgan fingerprint density at radius 1 is 1.09 bits per heavy atom. The quantitative estimate of drug-likeness (QED) is 0.683. The van der Waals surface area contributed by atoms with E-state index in [1.807, 2.05) is 0 Å². The lowest BCUT2D eigenvalue weighted by Gasteiger charge is -2.43. The van der Waals surface area contributed by atoms with Crippen LogP contribution in [0.5, 0.6) is 0 Å². The van der Waals surface area contributed by atoms with Crippen LogP contribution in [0.4, 0.5) is 0 Å². The molecule has 0 bridgehead atoms. The monoisotopic (exact) mass is 318 g/mol. The molecule has 1 aliphatic rings. The Hall–Kier alpha value is -0.900. The van der Waals surface area contributed by atoms with Gasteiger partial charge in [0.15, 0.2) is 0 Å². The summed E-state index contributed by atoms with van der Waals surface area (Å²) in [6, 6.07) is 10.7. The highest BCUT2D eigenvalue weighted by molar-refractivity contribution is 5.26. The van der Waals surface area contributed by atoms with Crippen molar-refractivity contribution in [1.29, 1.82) is 0 Å². The molecule has 0 aromatic heterocycles. The number of hydrogen-bond acceptors (Lipinski definition) is 3. The summed E-state index contributed by atoms with van der Waals surface area (Å²) >= 11 is 0. The van der Waals surface area contributed by atoms with Gasteiger partial charge in [0.25, 0.3) is 0 Å². The molecule has 3 nitrogen and oxygen atoms in total. The van der Waals surface area contributed by atoms with Crippen LogP contribution in [-0.4, -0.2) is 35.9 Å². The third-order valence-electron chi connectivity index (χ3n) is 5.52. The van der Waals surface area contributed by atoms with Crippen LogP contribution in [0.3, 0.4) is 0 Å². The molecule has 1 aromatic carbocycles. The number of nitrogens with zero attached hydrogens (tertiary/aromatic N) is 1. The smallest absolute Gasteiger partial charge is 0.107 e. The first kappa shape index (κ1) is 18.4. The lowest BCUT2D eigenvalue weighted by Crippen LogP contribution is -2.49. The Kier molecular flexibility index (Phi) is 7.54. The van der Waals surface area contributed by atoms with E-state index in [0.717, 1.165) is 38.8 Å². The molecule has 1 aliphatic heterocycles. The highest BCUT2D eigenvalue weighted by Crippen LogP contribution is 2.35. The van der Waals surface area contributed by atoms with Crippen LogP contribution < -0.4 is 5.73 Å². The van der Waals surface area contributed by atoms with Crippen molar-refractivity contribution in [3.8, 4) is 0 Å². The van der Waals surface area contributed by atoms with Crippen LogP contribution in [0, 0.1) is 0 Å². The van der Waals surface area contributed by atoms with E-state index in [1.165, 1.54) is 31.2 Å². The third-order valence-corrected chi connectivity index (χ3v) is 5.52. The number of benzene rings is 1. The first-order chi connectivity index (χ1) is 11.2. The molecule has 0 aliphatic carbocycles. The predicted molar refractivity (Wildman–Crippen MR) is 97.4 cm³/mol. The van der Waals surface area contributed by atoms with Gasteiger partial charge in [-0.2, -0.15) is 0 Å². The molecule has 0 spiro atoms. The normalized spacial score (nSPS) is 19.6. The van der Waals surface area contributed by atoms with Gasteiger partial charge in [0, 0.05) is 25.0 Å². The Morgan fingerprint density at radius 2 is 1.74 bits per heavy atom. The fourth-order valence-electron chi connectivity index (χ4n) is 3.77. The Labute approximate surface area is 141 Å². The molecule has 1 fully saturated rings. The Bertz CT molecular complexity index is 427. The molecule has 1 aromatic rings. The van der Waals surface area contributed by atoms with Gasteiger partial charge in [-0.25, -0.2) is 0 Å². The van der Waals surface area contributed by atoms with Gasteiger partial charge in [-0.3, -0.25) is 4.90 Å². The number of piperidine rings is 1. The average molecular weight is 319 g/mol. The molecule has 2 rings (SSSR count). The molecule has 3 heteroatoms. The van der Waals surface area contributed by atoms with Crippen molar-refractivity contribution in [2.75, 3.05) is 19.6 Å². The molecule has 1 saturated heterocycles. The van der Waals surface area contributed by atoms with Gasteiger partial charge < -0.3 is 10.8 Å². The maximum absolute atomic E-state index is 10.4. The summed E-state index contributed by atoms with van der Waals surface area (Å²) in [5.74, 6) is 0. The van der Waals surface area contributed by atoms with Crippen LogP contribution in [0.2, 0.25) is 0 Å². The lowest BCUT2D eigenvalue weighted by molar-refractivity contribution is -0.0272. The van der Waals surface area contributed by atoms with E-state index in [-0.39, 0.29) is 11.6 Å². The largest absolute Gasteiger partial charge is 0.378 e. The molecule has 0 saturated carbocycles. The van der Waals surface area contributed by atoms with Crippen molar-refractivity contribution < 1.29 is 5.11 Å². The van der Waals surface area contributed by atoms with E-state index in [9.17, 15) is 5.11 Å². The van der Waals surface area contributed by atoms with Crippen LogP contribution in [-0.2, 0) is 5.41 Å². The second-order valence-corrected chi connectivity index (χ2v) is 7.07.